The summed E-state index contributed by atoms with van der Waals surface area (Å²) in [5.41, 5.74) is 0. The van der Waals surface area contributed by atoms with Gasteiger partial charge in [-0.15, -0.1) is 0 Å². The zero-order valence-electron chi connectivity index (χ0n) is 10.8. The van der Waals surface area contributed by atoms with E-state index in [0.29, 0.717) is 18.8 Å². The molecule has 0 unspecified atom stereocenters. The van der Waals surface area contributed by atoms with Gasteiger partial charge in [0.15, 0.2) is 5.82 Å². The Morgan fingerprint density at radius 3 is 2.72 bits per heavy atom. The van der Waals surface area contributed by atoms with Gasteiger partial charge in [-0.2, -0.15) is 0 Å². The largest absolute Gasteiger partial charge is 0.363 e. The minimum atomic E-state index is -0.262. The van der Waals surface area contributed by atoms with Crippen molar-refractivity contribution in [2.24, 2.45) is 0 Å². The summed E-state index contributed by atoms with van der Waals surface area (Å²) in [6.45, 7) is 4.56. The second kappa shape index (κ2) is 7.47. The molecule has 0 atom stereocenters. The third kappa shape index (κ3) is 4.57. The van der Waals surface area contributed by atoms with Gasteiger partial charge in [-0.1, -0.05) is 19.0 Å². The van der Waals surface area contributed by atoms with Crippen LogP contribution in [-0.4, -0.2) is 35.0 Å². The average Bonchev–Trinajstić information content (AvgIpc) is 2.81. The van der Waals surface area contributed by atoms with Crippen molar-refractivity contribution in [3.8, 4) is 0 Å². The highest BCUT2D eigenvalue weighted by atomic mass is 16.5. The first-order valence-corrected chi connectivity index (χ1v) is 6.15. The molecular weight excluding hydrogens is 234 g/mol. The van der Waals surface area contributed by atoms with Crippen molar-refractivity contribution in [3.63, 3.8) is 0 Å². The monoisotopic (exact) mass is 253 g/mol. The van der Waals surface area contributed by atoms with Gasteiger partial charge in [0.05, 0.1) is 6.54 Å². The van der Waals surface area contributed by atoms with Crippen LogP contribution in [-0.2, 0) is 9.59 Å². The third-order valence-corrected chi connectivity index (χ3v) is 2.35. The molecule has 100 valence electrons. The van der Waals surface area contributed by atoms with Crippen molar-refractivity contribution < 1.29 is 14.1 Å². The fraction of sp³-hybridized carbons (Fsp3) is 0.583. The quantitative estimate of drug-likeness (QED) is 0.801. The van der Waals surface area contributed by atoms with Crippen LogP contribution >= 0.6 is 0 Å². The lowest BCUT2D eigenvalue weighted by Gasteiger charge is -2.21. The first-order valence-electron chi connectivity index (χ1n) is 6.15. The van der Waals surface area contributed by atoms with Crippen molar-refractivity contribution in [1.82, 2.24) is 10.1 Å². The van der Waals surface area contributed by atoms with E-state index >= 15 is 0 Å². The van der Waals surface area contributed by atoms with E-state index in [9.17, 15) is 9.59 Å². The molecule has 2 amide bonds. The Kier molecular flexibility index (Phi) is 5.90. The molecule has 0 aliphatic carbocycles. The molecule has 0 saturated heterocycles. The minimum Gasteiger partial charge on any atom is -0.363 e. The molecule has 0 spiro atoms. The summed E-state index contributed by atoms with van der Waals surface area (Å²) in [6.07, 6.45) is 3.45. The predicted molar refractivity (Wildman–Crippen MR) is 66.9 cm³/mol. The highest BCUT2D eigenvalue weighted by Gasteiger charge is 2.16. The van der Waals surface area contributed by atoms with Gasteiger partial charge in [0.2, 0.25) is 11.8 Å². The van der Waals surface area contributed by atoms with Crippen LogP contribution < -0.4 is 5.32 Å². The number of amides is 2. The van der Waals surface area contributed by atoms with Gasteiger partial charge in [0.1, 0.15) is 6.26 Å². The molecule has 0 fully saturated rings. The second-order valence-electron chi connectivity index (χ2n) is 4.00. The highest BCUT2D eigenvalue weighted by Crippen LogP contribution is 2.03. The Balaban J connectivity index is 2.49. The summed E-state index contributed by atoms with van der Waals surface area (Å²) in [5.74, 6) is 0.107. The summed E-state index contributed by atoms with van der Waals surface area (Å²) in [4.78, 5) is 25.1. The maximum absolute atomic E-state index is 11.8. The molecule has 0 saturated carbocycles. The Morgan fingerprint density at radius 2 is 2.17 bits per heavy atom. The van der Waals surface area contributed by atoms with Crippen LogP contribution in [0.15, 0.2) is 16.9 Å². The van der Waals surface area contributed by atoms with E-state index in [4.69, 9.17) is 0 Å². The maximum Gasteiger partial charge on any atom is 0.245 e. The van der Waals surface area contributed by atoms with Gasteiger partial charge in [0, 0.05) is 19.0 Å². The smallest absolute Gasteiger partial charge is 0.245 e. The highest BCUT2D eigenvalue weighted by molar-refractivity contribution is 5.93. The number of nitrogens with zero attached hydrogens (tertiary/aromatic N) is 2. The van der Waals surface area contributed by atoms with Crippen LogP contribution in [0.2, 0.25) is 0 Å². The Morgan fingerprint density at radius 1 is 1.39 bits per heavy atom. The molecule has 0 bridgehead atoms. The van der Waals surface area contributed by atoms with Gasteiger partial charge in [-0.3, -0.25) is 9.59 Å². The summed E-state index contributed by atoms with van der Waals surface area (Å²) >= 11 is 0. The molecule has 6 nitrogen and oxygen atoms in total. The number of rotatable bonds is 7. The summed E-state index contributed by atoms with van der Waals surface area (Å²) < 4.78 is 4.61. The van der Waals surface area contributed by atoms with Crippen molar-refractivity contribution >= 4 is 17.6 Å². The lowest BCUT2D eigenvalue weighted by atomic mass is 10.2. The summed E-state index contributed by atoms with van der Waals surface area (Å²) in [6, 6.07) is 1.55. The molecule has 0 aliphatic heterocycles. The molecule has 0 aromatic carbocycles. The number of nitrogens with one attached hydrogen (secondary N) is 1. The van der Waals surface area contributed by atoms with Gasteiger partial charge >= 0.3 is 0 Å². The van der Waals surface area contributed by atoms with E-state index in [1.807, 2.05) is 13.8 Å². The summed E-state index contributed by atoms with van der Waals surface area (Å²) in [5, 5.41) is 6.15. The van der Waals surface area contributed by atoms with Gasteiger partial charge < -0.3 is 14.7 Å². The zero-order valence-corrected chi connectivity index (χ0v) is 10.8. The van der Waals surface area contributed by atoms with E-state index in [1.54, 1.807) is 11.0 Å². The van der Waals surface area contributed by atoms with Crippen LogP contribution in [0.5, 0.6) is 0 Å². The van der Waals surface area contributed by atoms with Crippen LogP contribution in [0.1, 0.15) is 33.1 Å². The zero-order chi connectivity index (χ0) is 13.4. The topological polar surface area (TPSA) is 75.4 Å². The van der Waals surface area contributed by atoms with E-state index < -0.39 is 0 Å². The van der Waals surface area contributed by atoms with E-state index in [2.05, 4.69) is 15.0 Å². The Bertz CT molecular complexity index is 376. The lowest BCUT2D eigenvalue weighted by molar-refractivity contribution is -0.134. The third-order valence-electron chi connectivity index (χ3n) is 2.35. The normalized spacial score (nSPS) is 10.1. The first kappa shape index (κ1) is 14.2. The van der Waals surface area contributed by atoms with Crippen LogP contribution in [0, 0.1) is 0 Å². The average molecular weight is 253 g/mol. The van der Waals surface area contributed by atoms with E-state index in [1.165, 1.54) is 6.26 Å². The Hall–Kier alpha value is -1.85. The Labute approximate surface area is 106 Å². The fourth-order valence-electron chi connectivity index (χ4n) is 1.57. The maximum atomic E-state index is 11.8. The van der Waals surface area contributed by atoms with Crippen molar-refractivity contribution in [2.75, 3.05) is 18.4 Å². The van der Waals surface area contributed by atoms with E-state index in [0.717, 1.165) is 12.8 Å². The molecule has 1 aromatic heterocycles. The van der Waals surface area contributed by atoms with Gasteiger partial charge in [-0.25, -0.2) is 0 Å². The second-order valence-corrected chi connectivity index (χ2v) is 4.00. The van der Waals surface area contributed by atoms with Crippen molar-refractivity contribution in [1.29, 1.82) is 0 Å². The molecule has 1 heterocycles. The number of hydrogen-bond acceptors (Lipinski definition) is 4. The predicted octanol–water partition coefficient (Wildman–Crippen LogP) is 1.65. The van der Waals surface area contributed by atoms with Crippen LogP contribution in [0.25, 0.3) is 0 Å². The number of hydrogen-bond donors (Lipinski definition) is 1. The number of anilines is 1. The van der Waals surface area contributed by atoms with Crippen molar-refractivity contribution in [3.05, 3.63) is 12.3 Å². The van der Waals surface area contributed by atoms with Crippen LogP contribution in [0.4, 0.5) is 5.82 Å². The van der Waals surface area contributed by atoms with E-state index in [-0.39, 0.29) is 18.4 Å². The summed E-state index contributed by atoms with van der Waals surface area (Å²) in [7, 11) is 0. The minimum absolute atomic E-state index is 0.00894. The van der Waals surface area contributed by atoms with Gasteiger partial charge in [0.25, 0.3) is 0 Å². The number of aromatic nitrogens is 1. The standard InChI is InChI=1S/C12H19N3O3/c1-3-5-12(17)15(7-4-2)9-11(16)13-10-6-8-18-14-10/h6,8H,3-5,7,9H2,1-2H3,(H,13,14,16). The lowest BCUT2D eigenvalue weighted by Crippen LogP contribution is -2.38. The molecular formula is C12H19N3O3. The SMILES string of the molecule is CCCC(=O)N(CCC)CC(=O)Nc1ccon1. The molecule has 18 heavy (non-hydrogen) atoms. The van der Waals surface area contributed by atoms with Crippen LogP contribution in [0.3, 0.4) is 0 Å². The molecule has 1 N–H and O–H groups in total. The molecule has 6 heteroatoms. The number of carbonyl (C=O) groups excluding carboxylic acids is 2. The molecule has 0 radical (unpaired) electrons. The number of carbonyl (C=O) groups is 2. The molecule has 0 aliphatic rings. The molecule has 1 rings (SSSR count). The first-order chi connectivity index (χ1) is 8.67. The fourth-order valence-corrected chi connectivity index (χ4v) is 1.57. The molecule has 1 aromatic rings. The van der Waals surface area contributed by atoms with Crippen molar-refractivity contribution in [2.45, 2.75) is 33.1 Å². The van der Waals surface area contributed by atoms with Gasteiger partial charge in [-0.05, 0) is 12.8 Å².